The minimum Gasteiger partial charge on any atom is -0.343 e. The second-order valence-electron chi connectivity index (χ2n) is 3.83. The van der Waals surface area contributed by atoms with Gasteiger partial charge in [-0.15, -0.1) is 0 Å². The van der Waals surface area contributed by atoms with E-state index in [1.165, 1.54) is 0 Å². The average Bonchev–Trinajstić information content (AvgIpc) is 2.78. The van der Waals surface area contributed by atoms with Gasteiger partial charge in [0, 0.05) is 12.0 Å². The highest BCUT2D eigenvalue weighted by molar-refractivity contribution is 9.11. The van der Waals surface area contributed by atoms with E-state index in [1.54, 1.807) is 0 Å². The van der Waals surface area contributed by atoms with Crippen LogP contribution in [-0.4, -0.2) is 13.2 Å². The van der Waals surface area contributed by atoms with Crippen molar-refractivity contribution in [1.82, 2.24) is 0 Å². The van der Waals surface area contributed by atoms with E-state index in [0.29, 0.717) is 13.2 Å². The molecule has 0 spiro atoms. The van der Waals surface area contributed by atoms with Crippen LogP contribution >= 0.6 is 15.9 Å². The Morgan fingerprint density at radius 1 is 1.25 bits per heavy atom. The molecule has 1 aromatic carbocycles. The molecule has 1 aromatic rings. The van der Waals surface area contributed by atoms with E-state index < -0.39 is 5.79 Å². The fourth-order valence-corrected chi connectivity index (χ4v) is 2.10. The van der Waals surface area contributed by atoms with Gasteiger partial charge in [0.05, 0.1) is 13.2 Å². The van der Waals surface area contributed by atoms with E-state index in [0.717, 1.165) is 22.9 Å². The zero-order valence-corrected chi connectivity index (χ0v) is 10.7. The van der Waals surface area contributed by atoms with E-state index >= 15 is 0 Å². The molecule has 2 nitrogen and oxygen atoms in total. The number of halogens is 1. The predicted molar refractivity (Wildman–Crippen MR) is 67.3 cm³/mol. The third-order valence-electron chi connectivity index (χ3n) is 2.69. The largest absolute Gasteiger partial charge is 0.343 e. The lowest BCUT2D eigenvalue weighted by atomic mass is 10.0. The van der Waals surface area contributed by atoms with Crippen LogP contribution in [0.2, 0.25) is 0 Å². The molecule has 3 heteroatoms. The molecule has 0 aromatic heterocycles. The van der Waals surface area contributed by atoms with Crippen molar-refractivity contribution < 1.29 is 9.47 Å². The quantitative estimate of drug-likeness (QED) is 0.841. The van der Waals surface area contributed by atoms with Gasteiger partial charge in [-0.1, -0.05) is 52.8 Å². The fourth-order valence-electron chi connectivity index (χ4n) is 1.90. The van der Waals surface area contributed by atoms with Crippen LogP contribution in [0.25, 0.3) is 0 Å². The van der Waals surface area contributed by atoms with Crippen molar-refractivity contribution >= 4 is 15.9 Å². The Kier molecular flexibility index (Phi) is 3.79. The predicted octanol–water partition coefficient (Wildman–Crippen LogP) is 3.58. The Labute approximate surface area is 104 Å². The van der Waals surface area contributed by atoms with E-state index in [1.807, 2.05) is 30.3 Å². The van der Waals surface area contributed by atoms with Crippen molar-refractivity contribution in [3.8, 4) is 0 Å². The maximum atomic E-state index is 5.79. The molecule has 0 radical (unpaired) electrons. The first-order valence-corrected chi connectivity index (χ1v) is 6.19. The molecule has 1 heterocycles. The summed E-state index contributed by atoms with van der Waals surface area (Å²) in [6.45, 7) is 5.16. The van der Waals surface area contributed by atoms with E-state index in [9.17, 15) is 0 Å². The molecule has 1 aliphatic rings. The number of ether oxygens (including phenoxy) is 2. The topological polar surface area (TPSA) is 18.5 Å². The van der Waals surface area contributed by atoms with Gasteiger partial charge in [0.2, 0.25) is 0 Å². The number of hydrogen-bond donors (Lipinski definition) is 0. The van der Waals surface area contributed by atoms with Crippen LogP contribution in [0.3, 0.4) is 0 Å². The molecular formula is C13H15BrO2. The molecule has 1 saturated heterocycles. The molecule has 0 saturated carbocycles. The molecule has 1 aliphatic heterocycles. The number of benzene rings is 1. The molecular weight excluding hydrogens is 268 g/mol. The van der Waals surface area contributed by atoms with Gasteiger partial charge in [0.25, 0.3) is 0 Å². The molecule has 0 N–H and O–H groups in total. The summed E-state index contributed by atoms with van der Waals surface area (Å²) < 4.78 is 12.6. The van der Waals surface area contributed by atoms with Crippen LogP contribution in [-0.2, 0) is 15.3 Å². The zero-order chi connectivity index (χ0) is 11.4. The molecule has 0 unspecified atom stereocenters. The van der Waals surface area contributed by atoms with Crippen molar-refractivity contribution in [2.45, 2.75) is 18.6 Å². The van der Waals surface area contributed by atoms with Gasteiger partial charge in [0.1, 0.15) is 0 Å². The van der Waals surface area contributed by atoms with Gasteiger partial charge >= 0.3 is 0 Å². The molecule has 0 aliphatic carbocycles. The normalized spacial score (nSPS) is 18.6. The summed E-state index contributed by atoms with van der Waals surface area (Å²) in [5, 5.41) is 0. The van der Waals surface area contributed by atoms with Gasteiger partial charge in [-0.2, -0.15) is 0 Å². The van der Waals surface area contributed by atoms with Gasteiger partial charge in [-0.3, -0.25) is 0 Å². The van der Waals surface area contributed by atoms with Crippen molar-refractivity contribution in [3.05, 3.63) is 47.0 Å². The van der Waals surface area contributed by atoms with E-state index in [-0.39, 0.29) is 0 Å². The van der Waals surface area contributed by atoms with E-state index in [2.05, 4.69) is 22.5 Å². The lowest BCUT2D eigenvalue weighted by molar-refractivity contribution is -0.170. The molecule has 86 valence electrons. The van der Waals surface area contributed by atoms with Crippen LogP contribution in [0.1, 0.15) is 18.4 Å². The second-order valence-corrected chi connectivity index (χ2v) is 4.95. The van der Waals surface area contributed by atoms with Crippen molar-refractivity contribution in [2.24, 2.45) is 0 Å². The zero-order valence-electron chi connectivity index (χ0n) is 9.12. The lowest BCUT2D eigenvalue weighted by Crippen LogP contribution is -2.27. The summed E-state index contributed by atoms with van der Waals surface area (Å²) in [5.74, 6) is -0.571. The summed E-state index contributed by atoms with van der Waals surface area (Å²) in [7, 11) is 0. The number of allylic oxidation sites excluding steroid dienone is 1. The second kappa shape index (κ2) is 5.13. The Morgan fingerprint density at radius 2 is 1.88 bits per heavy atom. The van der Waals surface area contributed by atoms with Crippen LogP contribution in [0.4, 0.5) is 0 Å². The first kappa shape index (κ1) is 11.8. The van der Waals surface area contributed by atoms with Crippen LogP contribution in [0.15, 0.2) is 41.4 Å². The summed E-state index contributed by atoms with van der Waals surface area (Å²) in [6, 6.07) is 10.1. The first-order valence-electron chi connectivity index (χ1n) is 5.40. The van der Waals surface area contributed by atoms with Crippen molar-refractivity contribution in [1.29, 1.82) is 0 Å². The molecule has 0 atom stereocenters. The van der Waals surface area contributed by atoms with Crippen molar-refractivity contribution in [3.63, 3.8) is 0 Å². The molecule has 16 heavy (non-hydrogen) atoms. The third kappa shape index (κ3) is 2.54. The summed E-state index contributed by atoms with van der Waals surface area (Å²) in [5.41, 5.74) is 1.08. The minimum absolute atomic E-state index is 0.571. The highest BCUT2D eigenvalue weighted by Gasteiger charge is 2.37. The SMILES string of the molecule is C=C(Br)CCC1(c2ccccc2)OCCO1. The van der Waals surface area contributed by atoms with E-state index in [4.69, 9.17) is 9.47 Å². The Morgan fingerprint density at radius 3 is 2.44 bits per heavy atom. The molecule has 0 bridgehead atoms. The molecule has 0 amide bonds. The van der Waals surface area contributed by atoms with Crippen molar-refractivity contribution in [2.75, 3.05) is 13.2 Å². The number of hydrogen-bond acceptors (Lipinski definition) is 2. The standard InChI is InChI=1S/C13H15BrO2/c1-11(14)7-8-13(15-9-10-16-13)12-5-3-2-4-6-12/h2-6H,1,7-10H2. The Balaban J connectivity index is 2.19. The first-order chi connectivity index (χ1) is 7.73. The maximum absolute atomic E-state index is 5.79. The van der Waals surface area contributed by atoms with Gasteiger partial charge in [-0.05, 0) is 10.9 Å². The van der Waals surface area contributed by atoms with Gasteiger partial charge in [0.15, 0.2) is 5.79 Å². The van der Waals surface area contributed by atoms with Gasteiger partial charge in [-0.25, -0.2) is 0 Å². The summed E-state index contributed by atoms with van der Waals surface area (Å²) >= 11 is 3.37. The molecule has 1 fully saturated rings. The highest BCUT2D eigenvalue weighted by atomic mass is 79.9. The summed E-state index contributed by atoms with van der Waals surface area (Å²) in [6.07, 6.45) is 1.63. The summed E-state index contributed by atoms with van der Waals surface area (Å²) in [4.78, 5) is 0. The monoisotopic (exact) mass is 282 g/mol. The average molecular weight is 283 g/mol. The van der Waals surface area contributed by atoms with Crippen LogP contribution in [0, 0.1) is 0 Å². The van der Waals surface area contributed by atoms with Crippen LogP contribution < -0.4 is 0 Å². The van der Waals surface area contributed by atoms with Gasteiger partial charge < -0.3 is 9.47 Å². The minimum atomic E-state index is -0.571. The fraction of sp³-hybridized carbons (Fsp3) is 0.385. The number of rotatable bonds is 4. The lowest BCUT2D eigenvalue weighted by Gasteiger charge is -2.27. The molecule has 2 rings (SSSR count). The Hall–Kier alpha value is -0.640. The van der Waals surface area contributed by atoms with Crippen LogP contribution in [0.5, 0.6) is 0 Å². The highest BCUT2D eigenvalue weighted by Crippen LogP contribution is 2.37. The third-order valence-corrected chi connectivity index (χ3v) is 3.09. The Bertz CT molecular complexity index is 355. The smallest absolute Gasteiger partial charge is 0.195 e. The maximum Gasteiger partial charge on any atom is 0.195 e.